The highest BCUT2D eigenvalue weighted by atomic mass is 32.2. The molecule has 2 N–H and O–H groups in total. The maximum absolute atomic E-state index is 13.1. The second-order valence-corrected chi connectivity index (χ2v) is 10.5. The van der Waals surface area contributed by atoms with Crippen LogP contribution in [0.4, 0.5) is 11.4 Å². The molecule has 168 valence electrons. The molecule has 3 aromatic carbocycles. The molecule has 0 spiro atoms. The lowest BCUT2D eigenvalue weighted by atomic mass is 9.77. The van der Waals surface area contributed by atoms with Gasteiger partial charge in [0.15, 0.2) is 11.5 Å². The van der Waals surface area contributed by atoms with Crippen LogP contribution in [0.3, 0.4) is 0 Å². The number of benzene rings is 3. The van der Waals surface area contributed by atoms with Crippen molar-refractivity contribution < 1.29 is 17.9 Å². The van der Waals surface area contributed by atoms with E-state index in [-0.39, 0.29) is 23.6 Å². The summed E-state index contributed by atoms with van der Waals surface area (Å²) in [5, 5.41) is 3.66. The molecular weight excluding hydrogens is 436 g/mol. The van der Waals surface area contributed by atoms with Crippen LogP contribution in [0.5, 0.6) is 11.5 Å². The molecule has 0 bridgehead atoms. The van der Waals surface area contributed by atoms with E-state index in [0.717, 1.165) is 40.3 Å². The summed E-state index contributed by atoms with van der Waals surface area (Å²) >= 11 is 0. The van der Waals surface area contributed by atoms with Crippen molar-refractivity contribution in [2.24, 2.45) is 5.92 Å². The Morgan fingerprint density at radius 1 is 0.970 bits per heavy atom. The first kappa shape index (κ1) is 20.2. The lowest BCUT2D eigenvalue weighted by Crippen LogP contribution is -2.29. The van der Waals surface area contributed by atoms with Crippen molar-refractivity contribution in [3.63, 3.8) is 0 Å². The molecule has 2 heterocycles. The van der Waals surface area contributed by atoms with Crippen LogP contribution in [0.15, 0.2) is 77.7 Å². The zero-order chi connectivity index (χ0) is 22.6. The predicted molar refractivity (Wildman–Crippen MR) is 127 cm³/mol. The molecule has 3 aromatic rings. The van der Waals surface area contributed by atoms with Crippen LogP contribution in [0.1, 0.15) is 35.1 Å². The Balaban J connectivity index is 1.33. The number of nitrogens with one attached hydrogen (secondary N) is 2. The molecule has 7 heteroatoms. The van der Waals surface area contributed by atoms with Gasteiger partial charge in [-0.3, -0.25) is 4.72 Å². The van der Waals surface area contributed by atoms with Gasteiger partial charge in [0.05, 0.1) is 10.9 Å². The first-order chi connectivity index (χ1) is 16.0. The summed E-state index contributed by atoms with van der Waals surface area (Å²) in [4.78, 5) is 0.268. The third-order valence-electron chi connectivity index (χ3n) is 6.70. The molecule has 0 saturated carbocycles. The van der Waals surface area contributed by atoms with Crippen molar-refractivity contribution in [3.8, 4) is 11.5 Å². The molecule has 0 aromatic heterocycles. The number of fused-ring (bicyclic) bond motifs is 4. The molecule has 33 heavy (non-hydrogen) atoms. The van der Waals surface area contributed by atoms with Crippen LogP contribution in [0.2, 0.25) is 0 Å². The van der Waals surface area contributed by atoms with E-state index in [2.05, 4.69) is 28.3 Å². The van der Waals surface area contributed by atoms with E-state index in [1.165, 1.54) is 0 Å². The normalized spacial score (nSPS) is 22.4. The number of aryl methyl sites for hydroxylation is 1. The van der Waals surface area contributed by atoms with Gasteiger partial charge in [0.2, 0.25) is 6.79 Å². The van der Waals surface area contributed by atoms with E-state index in [9.17, 15) is 8.42 Å². The second kappa shape index (κ2) is 7.56. The first-order valence-corrected chi connectivity index (χ1v) is 12.5. The molecular formula is C26H24N2O4S. The van der Waals surface area contributed by atoms with E-state index >= 15 is 0 Å². The molecule has 6 rings (SSSR count). The van der Waals surface area contributed by atoms with Gasteiger partial charge in [-0.1, -0.05) is 35.9 Å². The fraction of sp³-hybridized carbons (Fsp3) is 0.231. The van der Waals surface area contributed by atoms with Crippen molar-refractivity contribution in [2.45, 2.75) is 30.2 Å². The van der Waals surface area contributed by atoms with Gasteiger partial charge in [0, 0.05) is 17.3 Å². The Morgan fingerprint density at radius 3 is 2.64 bits per heavy atom. The topological polar surface area (TPSA) is 76.7 Å². The lowest BCUT2D eigenvalue weighted by molar-refractivity contribution is 0.174. The molecule has 0 fully saturated rings. The van der Waals surface area contributed by atoms with Gasteiger partial charge >= 0.3 is 0 Å². The monoisotopic (exact) mass is 460 g/mol. The second-order valence-electron chi connectivity index (χ2n) is 8.81. The highest BCUT2D eigenvalue weighted by molar-refractivity contribution is 7.92. The van der Waals surface area contributed by atoms with Crippen LogP contribution >= 0.6 is 0 Å². The standard InChI is InChI=1S/C26H24N2O4S/c1-16-5-8-18(9-6-16)28-33(29,30)19-10-11-23-22(14-19)20-3-2-4-21(20)26(27-23)17-7-12-24-25(13-17)32-15-31-24/h2-3,5-14,20-21,26-28H,4,15H2,1H3/t20-,21+,26+/m0/s1. The van der Waals surface area contributed by atoms with E-state index < -0.39 is 10.0 Å². The SMILES string of the molecule is Cc1ccc(NS(=O)(=O)c2ccc3c(c2)[C@H]2C=CC[C@H]2[C@@H](c2ccc4c(c2)OCO4)N3)cc1. The molecule has 0 radical (unpaired) electrons. The van der Waals surface area contributed by atoms with Gasteiger partial charge in [-0.05, 0) is 72.9 Å². The summed E-state index contributed by atoms with van der Waals surface area (Å²) in [6.07, 6.45) is 5.32. The van der Waals surface area contributed by atoms with Gasteiger partial charge < -0.3 is 14.8 Å². The molecule has 2 aliphatic heterocycles. The Labute approximate surface area is 193 Å². The Bertz CT molecular complexity index is 1370. The maximum atomic E-state index is 13.1. The number of hydrogen-bond donors (Lipinski definition) is 2. The number of sulfonamides is 1. The number of hydrogen-bond acceptors (Lipinski definition) is 5. The van der Waals surface area contributed by atoms with E-state index in [1.54, 1.807) is 18.2 Å². The largest absolute Gasteiger partial charge is 0.454 e. The third-order valence-corrected chi connectivity index (χ3v) is 8.08. The van der Waals surface area contributed by atoms with Crippen LogP contribution in [-0.2, 0) is 10.0 Å². The summed E-state index contributed by atoms with van der Waals surface area (Å²) in [6.45, 7) is 2.22. The number of allylic oxidation sites excluding steroid dienone is 2. The summed E-state index contributed by atoms with van der Waals surface area (Å²) in [6, 6.07) is 18.9. The highest BCUT2D eigenvalue weighted by Gasteiger charge is 2.39. The molecule has 3 aliphatic rings. The zero-order valence-electron chi connectivity index (χ0n) is 18.1. The van der Waals surface area contributed by atoms with Gasteiger partial charge in [0.25, 0.3) is 10.0 Å². The fourth-order valence-corrected chi connectivity index (χ4v) is 6.11. The quantitative estimate of drug-likeness (QED) is 0.513. The van der Waals surface area contributed by atoms with Gasteiger partial charge in [-0.25, -0.2) is 8.42 Å². The minimum atomic E-state index is -3.69. The molecule has 0 amide bonds. The first-order valence-electron chi connectivity index (χ1n) is 11.0. The van der Waals surface area contributed by atoms with Gasteiger partial charge in [-0.2, -0.15) is 0 Å². The number of ether oxygens (including phenoxy) is 2. The predicted octanol–water partition coefficient (Wildman–Crippen LogP) is 5.35. The Kier molecular flexibility index (Phi) is 4.62. The van der Waals surface area contributed by atoms with Crippen LogP contribution in [0.25, 0.3) is 0 Å². The summed E-state index contributed by atoms with van der Waals surface area (Å²) in [5.74, 6) is 1.98. The average Bonchev–Trinajstić information content (AvgIpc) is 3.49. The zero-order valence-corrected chi connectivity index (χ0v) is 18.9. The summed E-state index contributed by atoms with van der Waals surface area (Å²) in [7, 11) is -3.69. The van der Waals surface area contributed by atoms with Crippen LogP contribution < -0.4 is 19.5 Å². The highest BCUT2D eigenvalue weighted by Crippen LogP contribution is 2.51. The smallest absolute Gasteiger partial charge is 0.261 e. The van der Waals surface area contributed by atoms with Crippen molar-refractivity contribution >= 4 is 21.4 Å². The van der Waals surface area contributed by atoms with E-state index in [4.69, 9.17) is 9.47 Å². The van der Waals surface area contributed by atoms with Crippen molar-refractivity contribution in [2.75, 3.05) is 16.8 Å². The lowest BCUT2D eigenvalue weighted by Gasteiger charge is -2.37. The minimum Gasteiger partial charge on any atom is -0.454 e. The summed E-state index contributed by atoms with van der Waals surface area (Å²) in [5.41, 5.74) is 4.74. The Morgan fingerprint density at radius 2 is 1.79 bits per heavy atom. The molecule has 0 saturated heterocycles. The van der Waals surface area contributed by atoms with Gasteiger partial charge in [0.1, 0.15) is 0 Å². The van der Waals surface area contributed by atoms with Crippen molar-refractivity contribution in [3.05, 3.63) is 89.5 Å². The molecule has 1 aliphatic carbocycles. The number of rotatable bonds is 4. The van der Waals surface area contributed by atoms with Gasteiger partial charge in [-0.15, -0.1) is 0 Å². The maximum Gasteiger partial charge on any atom is 0.261 e. The minimum absolute atomic E-state index is 0.0974. The molecule has 6 nitrogen and oxygen atoms in total. The number of anilines is 2. The third kappa shape index (κ3) is 3.53. The molecule has 0 unspecified atom stereocenters. The van der Waals surface area contributed by atoms with E-state index in [1.807, 2.05) is 43.3 Å². The fourth-order valence-electron chi connectivity index (χ4n) is 5.01. The van der Waals surface area contributed by atoms with Crippen molar-refractivity contribution in [1.82, 2.24) is 0 Å². The molecule has 3 atom stereocenters. The summed E-state index contributed by atoms with van der Waals surface area (Å²) < 4.78 is 39.9. The van der Waals surface area contributed by atoms with Crippen molar-refractivity contribution in [1.29, 1.82) is 0 Å². The van der Waals surface area contributed by atoms with Crippen LogP contribution in [-0.4, -0.2) is 15.2 Å². The average molecular weight is 461 g/mol. The Hall–Kier alpha value is -3.45. The van der Waals surface area contributed by atoms with Crippen LogP contribution in [0, 0.1) is 12.8 Å². The van der Waals surface area contributed by atoms with E-state index in [0.29, 0.717) is 11.6 Å².